The smallest absolute Gasteiger partial charge is 0.256 e. The van der Waals surface area contributed by atoms with E-state index in [1.165, 1.54) is 4.90 Å². The average molecular weight is 355 g/mol. The molecule has 0 spiro atoms. The van der Waals surface area contributed by atoms with Crippen molar-refractivity contribution in [3.05, 3.63) is 63.6 Å². The highest BCUT2D eigenvalue weighted by Crippen LogP contribution is 2.20. The maximum atomic E-state index is 13.3. The third kappa shape index (κ3) is 3.58. The van der Waals surface area contributed by atoms with Gasteiger partial charge in [-0.15, -0.1) is 0 Å². The first-order valence-electron chi connectivity index (χ1n) is 6.13. The van der Waals surface area contributed by atoms with Gasteiger partial charge in [-0.1, -0.05) is 28.1 Å². The fraction of sp³-hybridized carbons (Fsp3) is 0.133. The van der Waals surface area contributed by atoms with Crippen molar-refractivity contribution >= 4 is 27.5 Å². The molecule has 0 saturated heterocycles. The van der Waals surface area contributed by atoms with Crippen LogP contribution in [0.4, 0.5) is 14.5 Å². The Balaban J connectivity index is 2.22. The van der Waals surface area contributed by atoms with Gasteiger partial charge in [-0.3, -0.25) is 4.79 Å². The van der Waals surface area contributed by atoms with Crippen molar-refractivity contribution in [2.45, 2.75) is 6.54 Å². The van der Waals surface area contributed by atoms with E-state index in [9.17, 15) is 13.6 Å². The van der Waals surface area contributed by atoms with Crippen molar-refractivity contribution in [2.24, 2.45) is 0 Å². The van der Waals surface area contributed by atoms with Crippen molar-refractivity contribution in [1.29, 1.82) is 0 Å². The van der Waals surface area contributed by atoms with Crippen LogP contribution in [0.15, 0.2) is 40.9 Å². The van der Waals surface area contributed by atoms with Gasteiger partial charge in [0.15, 0.2) is 11.6 Å². The van der Waals surface area contributed by atoms with Gasteiger partial charge in [-0.2, -0.15) is 0 Å². The molecule has 3 nitrogen and oxygen atoms in total. The number of nitrogens with two attached hydrogens (primary N) is 1. The van der Waals surface area contributed by atoms with E-state index in [4.69, 9.17) is 5.73 Å². The molecule has 2 aromatic rings. The van der Waals surface area contributed by atoms with Crippen LogP contribution < -0.4 is 5.73 Å². The number of nitrogen functional groups attached to an aromatic ring is 1. The molecule has 2 N–H and O–H groups in total. The van der Waals surface area contributed by atoms with E-state index in [0.717, 1.165) is 22.2 Å². The Bertz CT molecular complexity index is 691. The summed E-state index contributed by atoms with van der Waals surface area (Å²) < 4.78 is 27.2. The Labute approximate surface area is 129 Å². The van der Waals surface area contributed by atoms with E-state index in [-0.39, 0.29) is 11.3 Å². The third-order valence-electron chi connectivity index (χ3n) is 2.98. The van der Waals surface area contributed by atoms with Crippen molar-refractivity contribution in [3.8, 4) is 0 Å². The van der Waals surface area contributed by atoms with Crippen molar-refractivity contribution in [3.63, 3.8) is 0 Å². The number of amides is 1. The van der Waals surface area contributed by atoms with Gasteiger partial charge in [0, 0.05) is 29.8 Å². The summed E-state index contributed by atoms with van der Waals surface area (Å²) in [6.07, 6.45) is 0. The van der Waals surface area contributed by atoms with Crippen molar-refractivity contribution < 1.29 is 13.6 Å². The lowest BCUT2D eigenvalue weighted by Crippen LogP contribution is -2.27. The van der Waals surface area contributed by atoms with Gasteiger partial charge in [-0.05, 0) is 23.8 Å². The number of nitrogens with zero attached hydrogens (tertiary/aromatic N) is 1. The number of halogens is 3. The molecule has 0 fully saturated rings. The summed E-state index contributed by atoms with van der Waals surface area (Å²) in [5.74, 6) is -2.63. The summed E-state index contributed by atoms with van der Waals surface area (Å²) in [5, 5.41) is 0. The summed E-state index contributed by atoms with van der Waals surface area (Å²) in [6, 6.07) is 9.10. The highest BCUT2D eigenvalue weighted by molar-refractivity contribution is 9.10. The van der Waals surface area contributed by atoms with E-state index < -0.39 is 17.5 Å². The molecule has 0 heterocycles. The van der Waals surface area contributed by atoms with E-state index in [0.29, 0.717) is 6.54 Å². The maximum Gasteiger partial charge on any atom is 0.256 e. The number of anilines is 1. The summed E-state index contributed by atoms with van der Waals surface area (Å²) >= 11 is 3.35. The van der Waals surface area contributed by atoms with Crippen LogP contribution in [-0.4, -0.2) is 17.9 Å². The normalized spacial score (nSPS) is 10.5. The lowest BCUT2D eigenvalue weighted by atomic mass is 10.1. The van der Waals surface area contributed by atoms with E-state index >= 15 is 0 Å². The van der Waals surface area contributed by atoms with Crippen LogP contribution in [0.1, 0.15) is 15.9 Å². The molecule has 0 aromatic heterocycles. The van der Waals surface area contributed by atoms with Gasteiger partial charge in [-0.25, -0.2) is 8.78 Å². The predicted molar refractivity (Wildman–Crippen MR) is 80.7 cm³/mol. The number of carbonyl (C=O) groups excluding carboxylic acids is 1. The molecule has 0 aliphatic heterocycles. The molecular weight excluding hydrogens is 342 g/mol. The summed E-state index contributed by atoms with van der Waals surface area (Å²) in [4.78, 5) is 13.7. The van der Waals surface area contributed by atoms with Gasteiger partial charge in [0.25, 0.3) is 5.91 Å². The number of hydrogen-bond acceptors (Lipinski definition) is 2. The molecule has 0 aliphatic carbocycles. The van der Waals surface area contributed by atoms with Gasteiger partial charge in [0.05, 0.1) is 5.56 Å². The second-order valence-electron chi connectivity index (χ2n) is 4.64. The first-order chi connectivity index (χ1) is 9.88. The first kappa shape index (κ1) is 15.4. The Hall–Kier alpha value is -1.95. The van der Waals surface area contributed by atoms with Crippen LogP contribution >= 0.6 is 15.9 Å². The number of benzene rings is 2. The van der Waals surface area contributed by atoms with Gasteiger partial charge >= 0.3 is 0 Å². The molecule has 0 bridgehead atoms. The summed E-state index contributed by atoms with van der Waals surface area (Å²) in [6.45, 7) is 0.330. The third-order valence-corrected chi connectivity index (χ3v) is 3.47. The van der Waals surface area contributed by atoms with Gasteiger partial charge < -0.3 is 10.6 Å². The van der Waals surface area contributed by atoms with E-state index in [1.807, 2.05) is 24.3 Å². The maximum absolute atomic E-state index is 13.3. The zero-order valence-electron chi connectivity index (χ0n) is 11.2. The molecular formula is C15H13BrF2N2O. The highest BCUT2D eigenvalue weighted by atomic mass is 79.9. The Morgan fingerprint density at radius 3 is 2.57 bits per heavy atom. The number of rotatable bonds is 3. The number of hydrogen-bond donors (Lipinski definition) is 1. The van der Waals surface area contributed by atoms with Crippen molar-refractivity contribution in [1.82, 2.24) is 4.90 Å². The van der Waals surface area contributed by atoms with Crippen molar-refractivity contribution in [2.75, 3.05) is 12.8 Å². The SMILES string of the molecule is CN(Cc1cccc(Br)c1)C(=O)c1cc(F)c(F)cc1N. The molecule has 1 amide bonds. The Morgan fingerprint density at radius 1 is 1.24 bits per heavy atom. The molecule has 0 radical (unpaired) electrons. The molecule has 2 rings (SSSR count). The van der Waals surface area contributed by atoms with Crippen LogP contribution in [0.3, 0.4) is 0 Å². The van der Waals surface area contributed by atoms with Gasteiger partial charge in [0.2, 0.25) is 0 Å². The molecule has 6 heteroatoms. The lowest BCUT2D eigenvalue weighted by molar-refractivity contribution is 0.0785. The fourth-order valence-electron chi connectivity index (χ4n) is 1.93. The first-order valence-corrected chi connectivity index (χ1v) is 6.92. The van der Waals surface area contributed by atoms with E-state index in [1.54, 1.807) is 7.05 Å². The Kier molecular flexibility index (Phi) is 4.57. The second-order valence-corrected chi connectivity index (χ2v) is 5.56. The molecule has 0 unspecified atom stereocenters. The standard InChI is InChI=1S/C15H13BrF2N2O/c1-20(8-9-3-2-4-10(16)5-9)15(21)11-6-12(17)13(18)7-14(11)19/h2-7H,8,19H2,1H3. The minimum atomic E-state index is -1.09. The lowest BCUT2D eigenvalue weighted by Gasteiger charge is -2.18. The zero-order valence-corrected chi connectivity index (χ0v) is 12.8. The fourth-order valence-corrected chi connectivity index (χ4v) is 2.38. The second kappa shape index (κ2) is 6.22. The largest absolute Gasteiger partial charge is 0.398 e. The van der Waals surface area contributed by atoms with Gasteiger partial charge in [0.1, 0.15) is 0 Å². The van der Waals surface area contributed by atoms with Crippen LogP contribution in [0, 0.1) is 11.6 Å². The highest BCUT2D eigenvalue weighted by Gasteiger charge is 2.18. The minimum Gasteiger partial charge on any atom is -0.398 e. The zero-order chi connectivity index (χ0) is 15.6. The molecule has 0 aliphatic rings. The molecule has 110 valence electrons. The average Bonchev–Trinajstić information content (AvgIpc) is 2.42. The Morgan fingerprint density at radius 2 is 1.90 bits per heavy atom. The molecule has 0 atom stereocenters. The van der Waals surface area contributed by atoms with Crippen LogP contribution in [0.25, 0.3) is 0 Å². The van der Waals surface area contributed by atoms with Crippen LogP contribution in [-0.2, 0) is 6.54 Å². The minimum absolute atomic E-state index is 0.0496. The molecule has 0 saturated carbocycles. The monoisotopic (exact) mass is 354 g/mol. The number of carbonyl (C=O) groups is 1. The quantitative estimate of drug-likeness (QED) is 0.856. The summed E-state index contributed by atoms with van der Waals surface area (Å²) in [5.41, 5.74) is 6.36. The summed E-state index contributed by atoms with van der Waals surface area (Å²) in [7, 11) is 1.57. The topological polar surface area (TPSA) is 46.3 Å². The molecule has 21 heavy (non-hydrogen) atoms. The van der Waals surface area contributed by atoms with E-state index in [2.05, 4.69) is 15.9 Å². The molecule has 2 aromatic carbocycles. The predicted octanol–water partition coefficient (Wildman–Crippen LogP) is 3.58. The van der Waals surface area contributed by atoms with Crippen LogP contribution in [0.5, 0.6) is 0 Å². The van der Waals surface area contributed by atoms with Crippen LogP contribution in [0.2, 0.25) is 0 Å².